The van der Waals surface area contributed by atoms with Gasteiger partial charge in [-0.15, -0.1) is 0 Å². The van der Waals surface area contributed by atoms with Crippen molar-refractivity contribution < 1.29 is 35.5 Å². The van der Waals surface area contributed by atoms with Gasteiger partial charge in [0.25, 0.3) is 5.91 Å². The Balaban J connectivity index is 1.31. The summed E-state index contributed by atoms with van der Waals surface area (Å²) < 4.78 is 88.5. The number of nitrogens with zero attached hydrogens (tertiary/aromatic N) is 5. The maximum atomic E-state index is 14.7. The number of aromatic nitrogens is 4. The molecule has 0 saturated carbocycles. The third-order valence-corrected chi connectivity index (χ3v) is 8.05. The highest BCUT2D eigenvalue weighted by atomic mass is 32.2. The minimum Gasteiger partial charge on any atom is -0.457 e. The molecule has 3 heterocycles. The SMILES string of the molecule is CS(=O)(=O)c1c(F)c(F)c(F)c(F)c1C(=O)N1CC(n2nc(-c3ccc(Oc4ccccc4)cc3)c3c(N)ncnc32)C1. The smallest absolute Gasteiger partial charge is 0.258 e. The third-order valence-electron chi connectivity index (χ3n) is 6.93. The molecule has 0 radical (unpaired) electrons. The summed E-state index contributed by atoms with van der Waals surface area (Å²) in [6.45, 7) is -0.321. The Morgan fingerprint density at radius 1 is 0.907 bits per heavy atom. The minimum atomic E-state index is -4.66. The van der Waals surface area contributed by atoms with E-state index < -0.39 is 55.5 Å². The van der Waals surface area contributed by atoms with Gasteiger partial charge in [0, 0.05) is 24.9 Å². The molecule has 1 saturated heterocycles. The number of halogens is 4. The number of nitrogens with two attached hydrogens (primary N) is 1. The van der Waals surface area contributed by atoms with Crippen LogP contribution in [0.4, 0.5) is 23.4 Å². The largest absolute Gasteiger partial charge is 0.457 e. The molecule has 3 aromatic carbocycles. The third kappa shape index (κ3) is 4.80. The molecule has 2 N–H and O–H groups in total. The Kier molecular flexibility index (Phi) is 6.76. The normalized spacial score (nSPS) is 13.7. The molecular formula is C28H20F4N6O4S. The first-order valence-electron chi connectivity index (χ1n) is 12.6. The van der Waals surface area contributed by atoms with Crippen LogP contribution >= 0.6 is 0 Å². The van der Waals surface area contributed by atoms with E-state index in [4.69, 9.17) is 10.5 Å². The molecule has 0 atom stereocenters. The van der Waals surface area contributed by atoms with Crippen molar-refractivity contribution >= 4 is 32.6 Å². The molecule has 5 aromatic rings. The number of ether oxygens (including phenoxy) is 1. The van der Waals surface area contributed by atoms with Gasteiger partial charge in [-0.05, 0) is 36.4 Å². The Hall–Kier alpha value is -5.05. The highest BCUT2D eigenvalue weighted by molar-refractivity contribution is 7.90. The number of fused-ring (bicyclic) bond motifs is 1. The second-order valence-electron chi connectivity index (χ2n) is 9.79. The van der Waals surface area contributed by atoms with Crippen LogP contribution in [0.25, 0.3) is 22.3 Å². The molecule has 0 spiro atoms. The lowest BCUT2D eigenvalue weighted by Gasteiger charge is -2.39. The van der Waals surface area contributed by atoms with Crippen molar-refractivity contribution in [1.82, 2.24) is 24.6 Å². The molecule has 1 aliphatic rings. The van der Waals surface area contributed by atoms with E-state index >= 15 is 0 Å². The fourth-order valence-corrected chi connectivity index (χ4v) is 5.81. The van der Waals surface area contributed by atoms with Crippen LogP contribution in [0.2, 0.25) is 0 Å². The van der Waals surface area contributed by atoms with Crippen molar-refractivity contribution in [3.8, 4) is 22.8 Å². The van der Waals surface area contributed by atoms with E-state index in [2.05, 4.69) is 15.1 Å². The maximum absolute atomic E-state index is 14.7. The maximum Gasteiger partial charge on any atom is 0.258 e. The second-order valence-corrected chi connectivity index (χ2v) is 11.7. The number of benzene rings is 3. The number of carbonyl (C=O) groups is 1. The Morgan fingerprint density at radius 3 is 2.19 bits per heavy atom. The number of nitrogen functional groups attached to an aromatic ring is 1. The van der Waals surface area contributed by atoms with Crippen LogP contribution in [-0.2, 0) is 9.84 Å². The lowest BCUT2D eigenvalue weighted by atomic mass is 10.1. The van der Waals surface area contributed by atoms with E-state index in [1.165, 1.54) is 11.0 Å². The molecule has 1 amide bonds. The summed E-state index contributed by atoms with van der Waals surface area (Å²) in [6.07, 6.45) is 1.69. The summed E-state index contributed by atoms with van der Waals surface area (Å²) in [6, 6.07) is 15.6. The summed E-state index contributed by atoms with van der Waals surface area (Å²) in [5.74, 6) is -8.85. The minimum absolute atomic E-state index is 0.139. The van der Waals surface area contributed by atoms with Gasteiger partial charge < -0.3 is 15.4 Å². The van der Waals surface area contributed by atoms with Crippen molar-refractivity contribution in [2.75, 3.05) is 25.1 Å². The number of hydrogen-bond donors (Lipinski definition) is 1. The first kappa shape index (κ1) is 28.1. The number of sulfone groups is 1. The van der Waals surface area contributed by atoms with Gasteiger partial charge in [-0.25, -0.2) is 40.6 Å². The first-order chi connectivity index (χ1) is 20.5. The van der Waals surface area contributed by atoms with Crippen LogP contribution in [-0.4, -0.2) is 58.3 Å². The average Bonchev–Trinajstić information content (AvgIpc) is 3.33. The number of para-hydroxylation sites is 1. The molecule has 0 aliphatic carbocycles. The van der Waals surface area contributed by atoms with Gasteiger partial charge in [-0.1, -0.05) is 18.2 Å². The van der Waals surface area contributed by atoms with Gasteiger partial charge in [0.1, 0.15) is 39.8 Å². The Labute approximate surface area is 241 Å². The zero-order valence-corrected chi connectivity index (χ0v) is 22.9. The van der Waals surface area contributed by atoms with Crippen LogP contribution in [0.5, 0.6) is 11.5 Å². The van der Waals surface area contributed by atoms with E-state index in [0.29, 0.717) is 40.0 Å². The Bertz CT molecular complexity index is 2020. The molecule has 0 unspecified atom stereocenters. The van der Waals surface area contributed by atoms with Gasteiger partial charge in [0.15, 0.2) is 38.8 Å². The number of anilines is 1. The highest BCUT2D eigenvalue weighted by Crippen LogP contribution is 2.36. The van der Waals surface area contributed by atoms with Crippen molar-refractivity contribution in [2.24, 2.45) is 0 Å². The van der Waals surface area contributed by atoms with Crippen LogP contribution in [0.3, 0.4) is 0 Å². The molecule has 220 valence electrons. The predicted octanol–water partition coefficient (Wildman–Crippen LogP) is 4.52. The zero-order chi connectivity index (χ0) is 30.6. The fourth-order valence-electron chi connectivity index (χ4n) is 4.84. The lowest BCUT2D eigenvalue weighted by Crippen LogP contribution is -2.51. The summed E-state index contributed by atoms with van der Waals surface area (Å²) >= 11 is 0. The highest BCUT2D eigenvalue weighted by Gasteiger charge is 2.41. The summed E-state index contributed by atoms with van der Waals surface area (Å²) in [7, 11) is -4.66. The van der Waals surface area contributed by atoms with Crippen molar-refractivity contribution in [1.29, 1.82) is 0 Å². The zero-order valence-electron chi connectivity index (χ0n) is 22.1. The lowest BCUT2D eigenvalue weighted by molar-refractivity contribution is 0.0496. The van der Waals surface area contributed by atoms with Crippen molar-refractivity contribution in [2.45, 2.75) is 10.9 Å². The molecular weight excluding hydrogens is 592 g/mol. The monoisotopic (exact) mass is 612 g/mol. The van der Waals surface area contributed by atoms with Gasteiger partial charge in [0.2, 0.25) is 0 Å². The number of amides is 1. The average molecular weight is 613 g/mol. The number of likely N-dealkylation sites (tertiary alicyclic amines) is 1. The van der Waals surface area contributed by atoms with E-state index in [9.17, 15) is 30.8 Å². The molecule has 2 aromatic heterocycles. The van der Waals surface area contributed by atoms with Crippen LogP contribution in [0.15, 0.2) is 65.8 Å². The molecule has 6 rings (SSSR count). The summed E-state index contributed by atoms with van der Waals surface area (Å²) in [4.78, 5) is 20.8. The van der Waals surface area contributed by atoms with E-state index in [-0.39, 0.29) is 18.9 Å². The van der Waals surface area contributed by atoms with E-state index in [1.54, 1.807) is 24.3 Å². The molecule has 0 bridgehead atoms. The molecule has 1 aliphatic heterocycles. The standard InChI is InChI=1S/C28H20F4N6O4S/c1-43(40,41)25-18(20(29)21(30)22(31)23(25)32)28(39)37-11-15(12-37)38-27-19(26(33)34-13-35-27)24(36-38)14-7-9-17(10-8-14)42-16-5-3-2-4-6-16/h2-10,13,15H,11-12H2,1H3,(H2,33,34,35). The first-order valence-corrected chi connectivity index (χ1v) is 14.5. The van der Waals surface area contributed by atoms with Gasteiger partial charge in [-0.2, -0.15) is 5.10 Å². The quantitative estimate of drug-likeness (QED) is 0.128. The van der Waals surface area contributed by atoms with Crippen LogP contribution in [0, 0.1) is 23.3 Å². The number of hydrogen-bond acceptors (Lipinski definition) is 8. The molecule has 43 heavy (non-hydrogen) atoms. The van der Waals surface area contributed by atoms with E-state index in [0.717, 1.165) is 4.90 Å². The molecule has 15 heteroatoms. The van der Waals surface area contributed by atoms with Gasteiger partial charge in [-0.3, -0.25) is 4.79 Å². The van der Waals surface area contributed by atoms with Gasteiger partial charge >= 0.3 is 0 Å². The molecule has 10 nitrogen and oxygen atoms in total. The number of carbonyl (C=O) groups excluding carboxylic acids is 1. The van der Waals surface area contributed by atoms with Crippen LogP contribution in [0.1, 0.15) is 16.4 Å². The summed E-state index contributed by atoms with van der Waals surface area (Å²) in [5.41, 5.74) is 6.16. The van der Waals surface area contributed by atoms with Crippen molar-refractivity contribution in [3.63, 3.8) is 0 Å². The number of rotatable bonds is 6. The van der Waals surface area contributed by atoms with Crippen molar-refractivity contribution in [3.05, 3.63) is 89.8 Å². The Morgan fingerprint density at radius 2 is 1.53 bits per heavy atom. The van der Waals surface area contributed by atoms with E-state index in [1.807, 2.05) is 30.3 Å². The second kappa shape index (κ2) is 10.3. The fraction of sp³-hybridized carbons (Fsp3) is 0.143. The predicted molar refractivity (Wildman–Crippen MR) is 146 cm³/mol. The van der Waals surface area contributed by atoms with Crippen LogP contribution < -0.4 is 10.5 Å². The molecule has 1 fully saturated rings. The topological polar surface area (TPSA) is 133 Å². The summed E-state index contributed by atoms with van der Waals surface area (Å²) in [5, 5.41) is 5.08. The van der Waals surface area contributed by atoms with Gasteiger partial charge in [0.05, 0.1) is 11.4 Å².